The van der Waals surface area contributed by atoms with Crippen molar-refractivity contribution in [3.63, 3.8) is 0 Å². The van der Waals surface area contributed by atoms with Crippen LogP contribution in [0.4, 0.5) is 18.9 Å². The van der Waals surface area contributed by atoms with Crippen molar-refractivity contribution in [2.24, 2.45) is 0 Å². The highest BCUT2D eigenvalue weighted by Gasteiger charge is 2.57. The number of anilines is 1. The van der Waals surface area contributed by atoms with Crippen LogP contribution in [-0.2, 0) is 29.1 Å². The molecule has 0 spiro atoms. The van der Waals surface area contributed by atoms with E-state index < -0.39 is 39.1 Å². The molecule has 11 heteroatoms. The highest BCUT2D eigenvalue weighted by atomic mass is 32.2. The molecule has 7 nitrogen and oxygen atoms in total. The second-order valence-corrected chi connectivity index (χ2v) is 8.57. The predicted octanol–water partition coefficient (Wildman–Crippen LogP) is 3.79. The van der Waals surface area contributed by atoms with Crippen LogP contribution in [0.5, 0.6) is 0 Å². The van der Waals surface area contributed by atoms with Crippen LogP contribution in [0.1, 0.15) is 45.1 Å². The topological polar surface area (TPSA) is 90.0 Å². The minimum atomic E-state index is -6.06. The van der Waals surface area contributed by atoms with Gasteiger partial charge in [0.15, 0.2) is 6.04 Å². The van der Waals surface area contributed by atoms with Crippen molar-refractivity contribution >= 4 is 33.2 Å². The van der Waals surface area contributed by atoms with Gasteiger partial charge in [-0.15, -0.1) is 0 Å². The maximum absolute atomic E-state index is 13.6. The monoisotopic (exact) mass is 463 g/mol. The van der Waals surface area contributed by atoms with Gasteiger partial charge in [-0.3, -0.25) is 0 Å². The fraction of sp³-hybridized carbons (Fsp3) is 0.500. The lowest BCUT2D eigenvalue weighted by atomic mass is 9.86. The molecule has 31 heavy (non-hydrogen) atoms. The molecule has 1 aliphatic heterocycles. The molecule has 1 atom stereocenters. The summed E-state index contributed by atoms with van der Waals surface area (Å²) in [4.78, 5) is 25.4. The number of ether oxygens (including phenoxy) is 2. The molecule has 0 aliphatic carbocycles. The van der Waals surface area contributed by atoms with Gasteiger partial charge in [0, 0.05) is 5.56 Å². The number of halogens is 3. The molecule has 172 valence electrons. The summed E-state index contributed by atoms with van der Waals surface area (Å²) in [5.41, 5.74) is -6.15. The molecule has 0 saturated carbocycles. The van der Waals surface area contributed by atoms with Gasteiger partial charge in [-0.25, -0.2) is 13.9 Å². The first kappa shape index (κ1) is 24.7. The van der Waals surface area contributed by atoms with Crippen LogP contribution in [0, 0.1) is 0 Å². The lowest BCUT2D eigenvalue weighted by molar-refractivity contribution is -0.146. The van der Waals surface area contributed by atoms with Crippen LogP contribution in [0.25, 0.3) is 5.57 Å². The summed E-state index contributed by atoms with van der Waals surface area (Å²) in [5, 5.41) is 0. The van der Waals surface area contributed by atoms with Crippen molar-refractivity contribution in [2.75, 3.05) is 18.0 Å². The zero-order valence-corrected chi connectivity index (χ0v) is 18.2. The van der Waals surface area contributed by atoms with E-state index in [2.05, 4.69) is 0 Å². The molecule has 0 radical (unpaired) electrons. The van der Waals surface area contributed by atoms with E-state index in [9.17, 15) is 31.2 Å². The minimum absolute atomic E-state index is 0.0735. The molecule has 1 aromatic rings. The number of benzene rings is 1. The van der Waals surface area contributed by atoms with E-state index in [1.165, 1.54) is 31.2 Å². The van der Waals surface area contributed by atoms with Gasteiger partial charge in [-0.2, -0.15) is 21.6 Å². The molecule has 0 fully saturated rings. The zero-order valence-electron chi connectivity index (χ0n) is 17.4. The van der Waals surface area contributed by atoms with E-state index in [1.54, 1.807) is 0 Å². The molecule has 1 aromatic carbocycles. The smallest absolute Gasteiger partial charge is 0.466 e. The third-order valence-corrected chi connectivity index (χ3v) is 6.31. The number of carbonyl (C=O) groups is 2. The van der Waals surface area contributed by atoms with Crippen molar-refractivity contribution in [3.05, 3.63) is 35.4 Å². The van der Waals surface area contributed by atoms with Crippen molar-refractivity contribution < 1.29 is 40.7 Å². The van der Waals surface area contributed by atoms with Gasteiger partial charge in [0.2, 0.25) is 0 Å². The standard InChI is InChI=1S/C20H24F3NO6S/c1-4-6-7-11-14-13-10-8-9-12-15(13)24(31(27,28)20(21,22)23)17(19(26)30-5-2)16(14)18(25)29-3/h8-10,12,17H,4-7,11H2,1-3H3/t17-/m1/s1. The average molecular weight is 463 g/mol. The number of fused-ring (bicyclic) bond motifs is 1. The quantitative estimate of drug-likeness (QED) is 0.430. The number of carbonyl (C=O) groups excluding carboxylic acids is 2. The maximum Gasteiger partial charge on any atom is 0.516 e. The van der Waals surface area contributed by atoms with Crippen molar-refractivity contribution in [3.8, 4) is 0 Å². The number of nitrogens with zero attached hydrogens (tertiary/aromatic N) is 1. The largest absolute Gasteiger partial charge is 0.516 e. The van der Waals surface area contributed by atoms with Crippen LogP contribution in [0.3, 0.4) is 0 Å². The number of rotatable bonds is 8. The van der Waals surface area contributed by atoms with E-state index in [0.29, 0.717) is 6.42 Å². The van der Waals surface area contributed by atoms with Crippen LogP contribution >= 0.6 is 0 Å². The Hall–Kier alpha value is -2.56. The summed E-state index contributed by atoms with van der Waals surface area (Å²) in [6.07, 6.45) is 2.40. The molecule has 0 N–H and O–H groups in total. The fourth-order valence-corrected chi connectivity index (χ4v) is 4.58. The summed E-state index contributed by atoms with van der Waals surface area (Å²) in [6.45, 7) is 3.14. The van der Waals surface area contributed by atoms with Gasteiger partial charge < -0.3 is 9.47 Å². The molecule has 1 heterocycles. The van der Waals surface area contributed by atoms with Crippen molar-refractivity contribution in [1.82, 2.24) is 0 Å². The van der Waals surface area contributed by atoms with Crippen molar-refractivity contribution in [2.45, 2.75) is 51.1 Å². The Morgan fingerprint density at radius 3 is 2.32 bits per heavy atom. The van der Waals surface area contributed by atoms with E-state index >= 15 is 0 Å². The first-order chi connectivity index (χ1) is 14.5. The van der Waals surface area contributed by atoms with Gasteiger partial charge in [0.05, 0.1) is 25.0 Å². The molecule has 0 bridgehead atoms. The Balaban J connectivity index is 2.90. The van der Waals surface area contributed by atoms with Crippen LogP contribution < -0.4 is 4.31 Å². The van der Waals surface area contributed by atoms with Crippen LogP contribution in [0.15, 0.2) is 29.8 Å². The summed E-state index contributed by atoms with van der Waals surface area (Å²) >= 11 is 0. The highest BCUT2D eigenvalue weighted by Crippen LogP contribution is 2.45. The summed E-state index contributed by atoms with van der Waals surface area (Å²) in [7, 11) is -5.05. The number of allylic oxidation sites excluding steroid dienone is 1. The van der Waals surface area contributed by atoms with Crippen LogP contribution in [-0.4, -0.2) is 45.6 Å². The molecular weight excluding hydrogens is 439 g/mol. The predicted molar refractivity (Wildman–Crippen MR) is 107 cm³/mol. The average Bonchev–Trinajstić information content (AvgIpc) is 2.71. The third kappa shape index (κ3) is 4.70. The van der Waals surface area contributed by atoms with Crippen LogP contribution in [0.2, 0.25) is 0 Å². The van der Waals surface area contributed by atoms with E-state index in [0.717, 1.165) is 20.0 Å². The lowest BCUT2D eigenvalue weighted by Crippen LogP contribution is -2.54. The minimum Gasteiger partial charge on any atom is -0.466 e. The molecule has 0 aromatic heterocycles. The highest BCUT2D eigenvalue weighted by molar-refractivity contribution is 7.93. The number of hydrogen-bond acceptors (Lipinski definition) is 6. The molecule has 0 unspecified atom stereocenters. The van der Waals surface area contributed by atoms with Gasteiger partial charge in [-0.05, 0) is 31.4 Å². The zero-order chi connectivity index (χ0) is 23.4. The van der Waals surface area contributed by atoms with E-state index in [4.69, 9.17) is 9.47 Å². The number of methoxy groups -OCH3 is 1. The molecule has 2 rings (SSSR count). The van der Waals surface area contributed by atoms with E-state index in [-0.39, 0.29) is 34.2 Å². The Morgan fingerprint density at radius 2 is 1.77 bits per heavy atom. The van der Waals surface area contributed by atoms with Gasteiger partial charge >= 0.3 is 27.5 Å². The second kappa shape index (κ2) is 9.71. The fourth-order valence-electron chi connectivity index (χ4n) is 3.47. The third-order valence-electron chi connectivity index (χ3n) is 4.80. The normalized spacial score (nSPS) is 16.7. The molecule has 0 amide bonds. The summed E-state index contributed by atoms with van der Waals surface area (Å²) < 4.78 is 75.3. The molecule has 1 aliphatic rings. The number of sulfonamides is 1. The second-order valence-electron chi connectivity index (χ2n) is 6.76. The van der Waals surface area contributed by atoms with Gasteiger partial charge in [0.1, 0.15) is 0 Å². The Labute approximate surface area is 178 Å². The number of esters is 2. The Morgan fingerprint density at radius 1 is 1.13 bits per heavy atom. The number of para-hydroxylation sites is 1. The Kier molecular flexibility index (Phi) is 7.74. The number of hydrogen-bond donors (Lipinski definition) is 0. The number of unbranched alkanes of at least 4 members (excludes halogenated alkanes) is 2. The first-order valence-electron chi connectivity index (χ1n) is 9.70. The van der Waals surface area contributed by atoms with Gasteiger partial charge in [0.25, 0.3) is 0 Å². The van der Waals surface area contributed by atoms with E-state index in [1.807, 2.05) is 6.92 Å². The number of alkyl halides is 3. The summed E-state index contributed by atoms with van der Waals surface area (Å²) in [5.74, 6) is -2.39. The SMILES string of the molecule is CCCCCC1=C(C(=O)OC)[C@H](C(=O)OCC)N(S(=O)(=O)C(F)(F)F)c2ccccc21. The maximum atomic E-state index is 13.6. The first-order valence-corrected chi connectivity index (χ1v) is 11.1. The van der Waals surface area contributed by atoms with Crippen molar-refractivity contribution in [1.29, 1.82) is 0 Å². The molecule has 0 saturated heterocycles. The molecular formula is C20H24F3NO6S. The Bertz CT molecular complexity index is 971. The van der Waals surface area contributed by atoms with Gasteiger partial charge in [-0.1, -0.05) is 38.0 Å². The lowest BCUT2D eigenvalue weighted by Gasteiger charge is -2.38. The summed E-state index contributed by atoms with van der Waals surface area (Å²) in [6, 6.07) is 3.28.